The number of rotatable bonds is 6. The largest absolute Gasteiger partial charge is 0.273 e. The van der Waals surface area contributed by atoms with Crippen LogP contribution in [0, 0.1) is 20.8 Å². The van der Waals surface area contributed by atoms with Gasteiger partial charge in [-0.25, -0.2) is 5.43 Å². The van der Waals surface area contributed by atoms with Gasteiger partial charge in [0.25, 0.3) is 0 Å². The van der Waals surface area contributed by atoms with E-state index in [2.05, 4.69) is 37.4 Å². The van der Waals surface area contributed by atoms with Crippen LogP contribution in [0.15, 0.2) is 52.5 Å². The van der Waals surface area contributed by atoms with E-state index in [1.54, 1.807) is 18.0 Å². The van der Waals surface area contributed by atoms with E-state index < -0.39 is 0 Å². The van der Waals surface area contributed by atoms with Gasteiger partial charge in [-0.2, -0.15) is 5.10 Å². The van der Waals surface area contributed by atoms with Gasteiger partial charge in [0.2, 0.25) is 5.91 Å². The lowest BCUT2D eigenvalue weighted by Gasteiger charge is -2.07. The van der Waals surface area contributed by atoms with Gasteiger partial charge in [-0.05, 0) is 55.2 Å². The second-order valence-electron chi connectivity index (χ2n) is 5.43. The van der Waals surface area contributed by atoms with E-state index in [0.717, 1.165) is 11.3 Å². The van der Waals surface area contributed by atoms with Gasteiger partial charge in [0.1, 0.15) is 0 Å². The molecule has 23 heavy (non-hydrogen) atoms. The first kappa shape index (κ1) is 17.3. The van der Waals surface area contributed by atoms with Crippen molar-refractivity contribution in [1.82, 2.24) is 5.43 Å². The van der Waals surface area contributed by atoms with Crippen molar-refractivity contribution in [1.29, 1.82) is 0 Å². The molecule has 0 aromatic heterocycles. The predicted octanol–water partition coefficient (Wildman–Crippen LogP) is 4.24. The van der Waals surface area contributed by atoms with E-state index in [-0.39, 0.29) is 5.91 Å². The normalized spacial score (nSPS) is 10.9. The first-order valence-corrected chi connectivity index (χ1v) is 8.63. The van der Waals surface area contributed by atoms with Crippen molar-refractivity contribution in [3.05, 3.63) is 64.7 Å². The highest BCUT2D eigenvalue weighted by molar-refractivity contribution is 7.99. The fourth-order valence-corrected chi connectivity index (χ4v) is 3.00. The van der Waals surface area contributed by atoms with Gasteiger partial charge in [0.15, 0.2) is 0 Å². The molecule has 0 fully saturated rings. The molecule has 120 valence electrons. The smallest absolute Gasteiger partial charge is 0.240 e. The number of hydrogen-bond acceptors (Lipinski definition) is 3. The number of carbonyl (C=O) groups excluding carboxylic acids is 1. The Kier molecular flexibility index (Phi) is 6.41. The minimum atomic E-state index is -0.0637. The third-order valence-corrected chi connectivity index (χ3v) is 4.85. The van der Waals surface area contributed by atoms with E-state index in [1.807, 2.05) is 36.4 Å². The van der Waals surface area contributed by atoms with Crippen LogP contribution in [0.4, 0.5) is 0 Å². The summed E-state index contributed by atoms with van der Waals surface area (Å²) in [6, 6.07) is 14.2. The molecule has 0 heterocycles. The zero-order chi connectivity index (χ0) is 16.7. The molecule has 0 bridgehead atoms. The third-order valence-electron chi connectivity index (χ3n) is 3.83. The summed E-state index contributed by atoms with van der Waals surface area (Å²) in [5.74, 6) is 0.680. The van der Waals surface area contributed by atoms with Crippen LogP contribution in [-0.4, -0.2) is 17.9 Å². The minimum Gasteiger partial charge on any atom is -0.273 e. The Balaban J connectivity index is 1.79. The van der Waals surface area contributed by atoms with E-state index in [1.165, 1.54) is 21.6 Å². The maximum Gasteiger partial charge on any atom is 0.240 e. The molecule has 0 aliphatic carbocycles. The maximum absolute atomic E-state index is 11.8. The zero-order valence-corrected chi connectivity index (χ0v) is 14.6. The zero-order valence-electron chi connectivity index (χ0n) is 13.8. The first-order valence-electron chi connectivity index (χ1n) is 7.64. The highest BCUT2D eigenvalue weighted by Gasteiger charge is 2.03. The summed E-state index contributed by atoms with van der Waals surface area (Å²) in [4.78, 5) is 13.0. The number of benzene rings is 2. The van der Waals surface area contributed by atoms with E-state index >= 15 is 0 Å². The molecule has 0 radical (unpaired) electrons. The third kappa shape index (κ3) is 5.25. The highest BCUT2D eigenvalue weighted by Crippen LogP contribution is 2.17. The van der Waals surface area contributed by atoms with Crippen molar-refractivity contribution in [2.24, 2.45) is 5.10 Å². The number of nitrogens with one attached hydrogen (secondary N) is 1. The summed E-state index contributed by atoms with van der Waals surface area (Å²) >= 11 is 1.67. The lowest BCUT2D eigenvalue weighted by molar-refractivity contribution is -0.120. The molecule has 1 N–H and O–H groups in total. The molecule has 0 saturated heterocycles. The van der Waals surface area contributed by atoms with Crippen molar-refractivity contribution in [2.45, 2.75) is 32.1 Å². The van der Waals surface area contributed by atoms with Crippen LogP contribution in [0.5, 0.6) is 0 Å². The molecule has 3 nitrogen and oxygen atoms in total. The first-order chi connectivity index (χ1) is 11.1. The number of hydrazone groups is 1. The molecule has 0 spiro atoms. The average molecular weight is 326 g/mol. The summed E-state index contributed by atoms with van der Waals surface area (Å²) in [6.45, 7) is 6.26. The fourth-order valence-electron chi connectivity index (χ4n) is 2.12. The lowest BCUT2D eigenvalue weighted by atomic mass is 10.00. The number of amides is 1. The van der Waals surface area contributed by atoms with Crippen molar-refractivity contribution < 1.29 is 4.79 Å². The number of carbonyl (C=O) groups is 1. The summed E-state index contributed by atoms with van der Waals surface area (Å²) in [6.07, 6.45) is 2.16. The van der Waals surface area contributed by atoms with Crippen LogP contribution >= 0.6 is 11.8 Å². The summed E-state index contributed by atoms with van der Waals surface area (Å²) < 4.78 is 0. The van der Waals surface area contributed by atoms with Crippen molar-refractivity contribution in [3.63, 3.8) is 0 Å². The van der Waals surface area contributed by atoms with Gasteiger partial charge in [0, 0.05) is 17.1 Å². The van der Waals surface area contributed by atoms with Crippen molar-refractivity contribution >= 4 is 23.9 Å². The molecular weight excluding hydrogens is 304 g/mol. The van der Waals surface area contributed by atoms with E-state index in [9.17, 15) is 4.79 Å². The van der Waals surface area contributed by atoms with Crippen LogP contribution in [0.25, 0.3) is 0 Å². The molecule has 0 aliphatic heterocycles. The molecule has 4 heteroatoms. The quantitative estimate of drug-likeness (QED) is 0.490. The Morgan fingerprint density at radius 2 is 1.83 bits per heavy atom. The minimum absolute atomic E-state index is 0.0637. The molecular formula is C19H22N2OS. The lowest BCUT2D eigenvalue weighted by Crippen LogP contribution is -2.17. The molecule has 2 rings (SSSR count). The summed E-state index contributed by atoms with van der Waals surface area (Å²) in [7, 11) is 0. The van der Waals surface area contributed by atoms with Crippen LogP contribution in [0.1, 0.15) is 28.7 Å². The van der Waals surface area contributed by atoms with E-state index in [0.29, 0.717) is 6.42 Å². The van der Waals surface area contributed by atoms with Crippen molar-refractivity contribution in [3.8, 4) is 0 Å². The van der Waals surface area contributed by atoms with Crippen LogP contribution in [0.2, 0.25) is 0 Å². The van der Waals surface area contributed by atoms with Gasteiger partial charge in [-0.15, -0.1) is 11.8 Å². The summed E-state index contributed by atoms with van der Waals surface area (Å²) in [5, 5.41) is 4.06. The van der Waals surface area contributed by atoms with Crippen LogP contribution < -0.4 is 5.43 Å². The van der Waals surface area contributed by atoms with E-state index in [4.69, 9.17) is 0 Å². The molecule has 0 atom stereocenters. The van der Waals surface area contributed by atoms with Crippen molar-refractivity contribution in [2.75, 3.05) is 5.75 Å². The standard InChI is InChI=1S/C19H22N2OS/c1-14-9-10-17(16(3)15(14)2)13-20-21-19(22)11-12-23-18-7-5-4-6-8-18/h4-10,13H,11-12H2,1-3H3,(H,21,22)/b20-13+. The second kappa shape index (κ2) is 8.53. The van der Waals surface area contributed by atoms with Gasteiger partial charge in [-0.3, -0.25) is 4.79 Å². The molecule has 1 amide bonds. The SMILES string of the molecule is Cc1ccc(/C=N/NC(=O)CCSc2ccccc2)c(C)c1C. The van der Waals surface area contributed by atoms with Gasteiger partial charge >= 0.3 is 0 Å². The molecule has 2 aromatic rings. The fraction of sp³-hybridized carbons (Fsp3) is 0.263. The Morgan fingerprint density at radius 1 is 1.09 bits per heavy atom. The van der Waals surface area contributed by atoms with Crippen LogP contribution in [-0.2, 0) is 4.79 Å². The van der Waals surface area contributed by atoms with Gasteiger partial charge < -0.3 is 0 Å². The Bertz CT molecular complexity index is 696. The average Bonchev–Trinajstić information content (AvgIpc) is 2.56. The van der Waals surface area contributed by atoms with Gasteiger partial charge in [0.05, 0.1) is 6.21 Å². The Morgan fingerprint density at radius 3 is 2.57 bits per heavy atom. The molecule has 0 aliphatic rings. The highest BCUT2D eigenvalue weighted by atomic mass is 32.2. The van der Waals surface area contributed by atoms with Crippen LogP contribution in [0.3, 0.4) is 0 Å². The number of thioether (sulfide) groups is 1. The Hall–Kier alpha value is -2.07. The number of nitrogens with zero attached hydrogens (tertiary/aromatic N) is 1. The summed E-state index contributed by atoms with van der Waals surface area (Å²) in [5.41, 5.74) is 7.36. The second-order valence-corrected chi connectivity index (χ2v) is 6.59. The molecule has 0 unspecified atom stereocenters. The Labute approximate surface area is 142 Å². The predicted molar refractivity (Wildman–Crippen MR) is 98.2 cm³/mol. The molecule has 0 saturated carbocycles. The monoisotopic (exact) mass is 326 g/mol. The maximum atomic E-state index is 11.8. The topological polar surface area (TPSA) is 41.5 Å². The number of aryl methyl sites for hydroxylation is 1. The van der Waals surface area contributed by atoms with Gasteiger partial charge in [-0.1, -0.05) is 30.3 Å². The number of hydrogen-bond donors (Lipinski definition) is 1. The molecule has 2 aromatic carbocycles.